The fourth-order valence-electron chi connectivity index (χ4n) is 3.59. The molecule has 0 heterocycles. The van der Waals surface area contributed by atoms with E-state index in [0.29, 0.717) is 0 Å². The summed E-state index contributed by atoms with van der Waals surface area (Å²) in [6.45, 7) is 0. The molecule has 16 heavy (non-hydrogen) atoms. The van der Waals surface area contributed by atoms with E-state index < -0.39 is 0 Å². The molecule has 2 aliphatic rings. The minimum Gasteiger partial charge on any atom is -0.392 e. The third-order valence-corrected chi connectivity index (χ3v) is 4.43. The maximum absolute atomic E-state index is 13.4. The summed E-state index contributed by atoms with van der Waals surface area (Å²) in [7, 11) is 0. The highest BCUT2D eigenvalue weighted by Crippen LogP contribution is 2.48. The van der Waals surface area contributed by atoms with Crippen molar-refractivity contribution in [1.82, 2.24) is 0 Å². The van der Waals surface area contributed by atoms with Crippen LogP contribution in [0.1, 0.15) is 43.2 Å². The predicted octanol–water partition coefficient (Wildman–Crippen LogP) is 2.94. The molecule has 1 aromatic carbocycles. The highest BCUT2D eigenvalue weighted by atomic mass is 19.1. The first-order chi connectivity index (χ1) is 7.72. The Bertz CT molecular complexity index is 407. The van der Waals surface area contributed by atoms with Crippen LogP contribution < -0.4 is 0 Å². The van der Waals surface area contributed by atoms with Crippen LogP contribution >= 0.6 is 0 Å². The van der Waals surface area contributed by atoms with E-state index in [1.165, 1.54) is 5.56 Å². The van der Waals surface area contributed by atoms with Crippen LogP contribution in [0.3, 0.4) is 0 Å². The second-order valence-electron chi connectivity index (χ2n) is 5.22. The molecule has 1 nitrogen and oxygen atoms in total. The van der Waals surface area contributed by atoms with E-state index in [9.17, 15) is 9.50 Å². The van der Waals surface area contributed by atoms with Gasteiger partial charge in [0.2, 0.25) is 0 Å². The van der Waals surface area contributed by atoms with Gasteiger partial charge in [-0.2, -0.15) is 0 Å². The Morgan fingerprint density at radius 1 is 1.25 bits per heavy atom. The number of aliphatic hydroxyl groups excluding tert-OH is 1. The standard InChI is InChI=1S/C14H17FO/c15-11-5-3-10-4-6-13(16)14(12(10)9-11)7-1-2-8-14/h3,5,9,13,16H,1-2,4,6-8H2. The molecule has 0 amide bonds. The van der Waals surface area contributed by atoms with Crippen molar-refractivity contribution in [3.05, 3.63) is 35.1 Å². The maximum atomic E-state index is 13.4. The first kappa shape index (κ1) is 10.3. The van der Waals surface area contributed by atoms with Gasteiger partial charge in [-0.15, -0.1) is 0 Å². The SMILES string of the molecule is OC1CCc2ccc(F)cc2C12CCCC2. The van der Waals surface area contributed by atoms with Crippen LogP contribution in [-0.4, -0.2) is 11.2 Å². The van der Waals surface area contributed by atoms with Gasteiger partial charge >= 0.3 is 0 Å². The summed E-state index contributed by atoms with van der Waals surface area (Å²) in [6.07, 6.45) is 5.80. The van der Waals surface area contributed by atoms with Crippen molar-refractivity contribution < 1.29 is 9.50 Å². The Morgan fingerprint density at radius 3 is 2.75 bits per heavy atom. The first-order valence-corrected chi connectivity index (χ1v) is 6.19. The average Bonchev–Trinajstić information content (AvgIpc) is 2.75. The van der Waals surface area contributed by atoms with Crippen LogP contribution in [0.4, 0.5) is 4.39 Å². The number of hydrogen-bond donors (Lipinski definition) is 1. The quantitative estimate of drug-likeness (QED) is 0.712. The molecule has 1 saturated carbocycles. The Morgan fingerprint density at radius 2 is 2.00 bits per heavy atom. The summed E-state index contributed by atoms with van der Waals surface area (Å²) >= 11 is 0. The molecule has 1 fully saturated rings. The van der Waals surface area contributed by atoms with Gasteiger partial charge < -0.3 is 5.11 Å². The van der Waals surface area contributed by atoms with Crippen LogP contribution in [0.25, 0.3) is 0 Å². The maximum Gasteiger partial charge on any atom is 0.123 e. The topological polar surface area (TPSA) is 20.2 Å². The summed E-state index contributed by atoms with van der Waals surface area (Å²) in [4.78, 5) is 0. The fraction of sp³-hybridized carbons (Fsp3) is 0.571. The zero-order valence-electron chi connectivity index (χ0n) is 9.38. The molecule has 1 N–H and O–H groups in total. The molecule has 0 bridgehead atoms. The van der Waals surface area contributed by atoms with Crippen molar-refractivity contribution in [3.63, 3.8) is 0 Å². The normalized spacial score (nSPS) is 27.0. The molecule has 2 aliphatic carbocycles. The molecule has 1 spiro atoms. The molecular weight excluding hydrogens is 203 g/mol. The number of hydrogen-bond acceptors (Lipinski definition) is 1. The smallest absolute Gasteiger partial charge is 0.123 e. The number of halogens is 1. The van der Waals surface area contributed by atoms with E-state index in [2.05, 4.69) is 0 Å². The molecule has 1 unspecified atom stereocenters. The fourth-order valence-corrected chi connectivity index (χ4v) is 3.59. The van der Waals surface area contributed by atoms with Gasteiger partial charge in [-0.1, -0.05) is 18.9 Å². The molecule has 2 heteroatoms. The molecule has 1 aromatic rings. The zero-order valence-corrected chi connectivity index (χ0v) is 9.38. The predicted molar refractivity (Wildman–Crippen MR) is 60.9 cm³/mol. The third kappa shape index (κ3) is 1.32. The molecule has 0 saturated heterocycles. The minimum atomic E-state index is -0.274. The second-order valence-corrected chi connectivity index (χ2v) is 5.22. The zero-order chi connectivity index (χ0) is 11.2. The van der Waals surface area contributed by atoms with Crippen molar-refractivity contribution in [2.75, 3.05) is 0 Å². The minimum absolute atomic E-state index is 0.129. The van der Waals surface area contributed by atoms with E-state index in [1.807, 2.05) is 6.07 Å². The van der Waals surface area contributed by atoms with Crippen molar-refractivity contribution in [2.24, 2.45) is 0 Å². The Kier molecular flexibility index (Phi) is 2.28. The number of rotatable bonds is 0. The van der Waals surface area contributed by atoms with Crippen LogP contribution in [-0.2, 0) is 11.8 Å². The van der Waals surface area contributed by atoms with Gasteiger partial charge in [-0.05, 0) is 48.9 Å². The van der Waals surface area contributed by atoms with Gasteiger partial charge in [-0.3, -0.25) is 0 Å². The molecule has 0 radical (unpaired) electrons. The highest BCUT2D eigenvalue weighted by molar-refractivity contribution is 5.39. The Hall–Kier alpha value is -0.890. The van der Waals surface area contributed by atoms with Crippen LogP contribution in [0.15, 0.2) is 18.2 Å². The molecular formula is C14H17FO. The van der Waals surface area contributed by atoms with Crippen LogP contribution in [0.5, 0.6) is 0 Å². The highest BCUT2D eigenvalue weighted by Gasteiger charge is 2.45. The van der Waals surface area contributed by atoms with Crippen molar-refractivity contribution in [1.29, 1.82) is 0 Å². The summed E-state index contributed by atoms with van der Waals surface area (Å²) < 4.78 is 13.4. The van der Waals surface area contributed by atoms with E-state index in [1.54, 1.807) is 12.1 Å². The number of fused-ring (bicyclic) bond motifs is 2. The second kappa shape index (κ2) is 3.56. The van der Waals surface area contributed by atoms with Gasteiger partial charge in [0, 0.05) is 5.41 Å². The summed E-state index contributed by atoms with van der Waals surface area (Å²) in [5.41, 5.74) is 2.20. The van der Waals surface area contributed by atoms with E-state index in [-0.39, 0.29) is 17.3 Å². The first-order valence-electron chi connectivity index (χ1n) is 6.19. The van der Waals surface area contributed by atoms with Crippen LogP contribution in [0, 0.1) is 5.82 Å². The number of aryl methyl sites for hydroxylation is 1. The number of aliphatic hydroxyl groups is 1. The van der Waals surface area contributed by atoms with Gasteiger partial charge in [0.1, 0.15) is 5.82 Å². The van der Waals surface area contributed by atoms with Gasteiger partial charge in [-0.25, -0.2) is 4.39 Å². The lowest BCUT2D eigenvalue weighted by atomic mass is 9.67. The monoisotopic (exact) mass is 220 g/mol. The Balaban J connectivity index is 2.15. The van der Waals surface area contributed by atoms with Gasteiger partial charge in [0.25, 0.3) is 0 Å². The van der Waals surface area contributed by atoms with E-state index in [4.69, 9.17) is 0 Å². The molecule has 0 aliphatic heterocycles. The number of benzene rings is 1. The largest absolute Gasteiger partial charge is 0.392 e. The lowest BCUT2D eigenvalue weighted by Gasteiger charge is -2.40. The van der Waals surface area contributed by atoms with E-state index >= 15 is 0 Å². The van der Waals surface area contributed by atoms with Crippen LogP contribution in [0.2, 0.25) is 0 Å². The molecule has 3 rings (SSSR count). The molecule has 86 valence electrons. The van der Waals surface area contributed by atoms with Crippen molar-refractivity contribution in [2.45, 2.75) is 50.0 Å². The summed E-state index contributed by atoms with van der Waals surface area (Å²) in [5, 5.41) is 10.3. The van der Waals surface area contributed by atoms with Crippen molar-refractivity contribution in [3.8, 4) is 0 Å². The molecule has 0 aromatic heterocycles. The lowest BCUT2D eigenvalue weighted by molar-refractivity contribution is 0.0659. The van der Waals surface area contributed by atoms with Gasteiger partial charge in [0.15, 0.2) is 0 Å². The summed E-state index contributed by atoms with van der Waals surface area (Å²) in [5.74, 6) is -0.167. The lowest BCUT2D eigenvalue weighted by Crippen LogP contribution is -2.41. The van der Waals surface area contributed by atoms with Crippen molar-refractivity contribution >= 4 is 0 Å². The molecule has 1 atom stereocenters. The summed E-state index contributed by atoms with van der Waals surface area (Å²) in [6, 6.07) is 5.10. The Labute approximate surface area is 95.3 Å². The van der Waals surface area contributed by atoms with Gasteiger partial charge in [0.05, 0.1) is 6.10 Å². The third-order valence-electron chi connectivity index (χ3n) is 4.43. The average molecular weight is 220 g/mol. The van der Waals surface area contributed by atoms with E-state index in [0.717, 1.165) is 44.1 Å².